The molecule has 1 aromatic carbocycles. The van der Waals surface area contributed by atoms with E-state index >= 15 is 0 Å². The van der Waals surface area contributed by atoms with E-state index in [1.54, 1.807) is 18.2 Å². The Labute approximate surface area is 118 Å². The third-order valence-corrected chi connectivity index (χ3v) is 2.59. The molecule has 0 aliphatic rings. The van der Waals surface area contributed by atoms with Gasteiger partial charge in [-0.2, -0.15) is 0 Å². The number of unbranched alkanes of at least 4 members (excludes halogenated alkanes) is 1. The van der Waals surface area contributed by atoms with Crippen LogP contribution in [0.2, 0.25) is 0 Å². The van der Waals surface area contributed by atoms with Crippen LogP contribution in [0.15, 0.2) is 24.3 Å². The molecule has 0 atom stereocenters. The minimum absolute atomic E-state index is 0.0669. The fraction of sp³-hybridized carbons (Fsp3) is 0.467. The Morgan fingerprint density at radius 1 is 1.00 bits per heavy atom. The lowest BCUT2D eigenvalue weighted by Crippen LogP contribution is -2.14. The number of ether oxygens (including phenoxy) is 2. The molecule has 0 aliphatic carbocycles. The van der Waals surface area contributed by atoms with E-state index in [1.807, 2.05) is 6.92 Å². The molecular formula is C15H20O5. The molecule has 1 N–H and O–H groups in total. The summed E-state index contributed by atoms with van der Waals surface area (Å²) < 4.78 is 10.1. The summed E-state index contributed by atoms with van der Waals surface area (Å²) in [6.07, 6.45) is 1.89. The summed E-state index contributed by atoms with van der Waals surface area (Å²) in [7, 11) is 0. The molecule has 0 saturated heterocycles. The summed E-state index contributed by atoms with van der Waals surface area (Å²) in [4.78, 5) is 23.8. The molecule has 0 fully saturated rings. The van der Waals surface area contributed by atoms with Gasteiger partial charge in [0, 0.05) is 6.61 Å². The van der Waals surface area contributed by atoms with E-state index in [0.717, 1.165) is 6.42 Å². The fourth-order valence-electron chi connectivity index (χ4n) is 1.57. The highest BCUT2D eigenvalue weighted by atomic mass is 16.5. The zero-order valence-electron chi connectivity index (χ0n) is 11.6. The second-order valence-corrected chi connectivity index (χ2v) is 4.25. The number of hydrogen-bond donors (Lipinski definition) is 1. The summed E-state index contributed by atoms with van der Waals surface area (Å²) in [5, 5.41) is 8.65. The maximum absolute atomic E-state index is 11.9. The molecule has 5 nitrogen and oxygen atoms in total. The molecule has 0 bridgehead atoms. The Morgan fingerprint density at radius 2 is 1.55 bits per heavy atom. The Morgan fingerprint density at radius 3 is 2.05 bits per heavy atom. The molecule has 0 spiro atoms. The number of hydrogen-bond acceptors (Lipinski definition) is 5. The minimum Gasteiger partial charge on any atom is -0.462 e. The van der Waals surface area contributed by atoms with E-state index in [2.05, 4.69) is 0 Å². The fourth-order valence-corrected chi connectivity index (χ4v) is 1.57. The highest BCUT2D eigenvalue weighted by molar-refractivity contribution is 6.03. The van der Waals surface area contributed by atoms with Crippen LogP contribution in [0.4, 0.5) is 0 Å². The Kier molecular flexibility index (Phi) is 7.35. The molecule has 20 heavy (non-hydrogen) atoms. The first-order valence-electron chi connectivity index (χ1n) is 6.74. The lowest BCUT2D eigenvalue weighted by atomic mass is 10.1. The largest absolute Gasteiger partial charge is 0.462 e. The smallest absolute Gasteiger partial charge is 0.339 e. The third-order valence-electron chi connectivity index (χ3n) is 2.59. The molecule has 0 aliphatic heterocycles. The van der Waals surface area contributed by atoms with Crippen molar-refractivity contribution in [3.63, 3.8) is 0 Å². The minimum atomic E-state index is -0.549. The van der Waals surface area contributed by atoms with Crippen LogP contribution >= 0.6 is 0 Å². The number of benzene rings is 1. The van der Waals surface area contributed by atoms with Crippen molar-refractivity contribution in [3.05, 3.63) is 35.4 Å². The Balaban J connectivity index is 2.69. The summed E-state index contributed by atoms with van der Waals surface area (Å²) in [6, 6.07) is 6.42. The van der Waals surface area contributed by atoms with Gasteiger partial charge in [0.1, 0.15) is 0 Å². The predicted octanol–water partition coefficient (Wildman–Crippen LogP) is 2.18. The second kappa shape index (κ2) is 9.09. The van der Waals surface area contributed by atoms with Gasteiger partial charge in [-0.05, 0) is 31.4 Å². The lowest BCUT2D eigenvalue weighted by Gasteiger charge is -2.09. The van der Waals surface area contributed by atoms with Gasteiger partial charge in [0.25, 0.3) is 0 Å². The number of esters is 2. The first-order valence-corrected chi connectivity index (χ1v) is 6.74. The maximum Gasteiger partial charge on any atom is 0.339 e. The van der Waals surface area contributed by atoms with Gasteiger partial charge in [0.2, 0.25) is 0 Å². The quantitative estimate of drug-likeness (QED) is 0.583. The topological polar surface area (TPSA) is 72.8 Å². The Bertz CT molecular complexity index is 442. The van der Waals surface area contributed by atoms with E-state index in [9.17, 15) is 9.59 Å². The van der Waals surface area contributed by atoms with Crippen LogP contribution in [0.5, 0.6) is 0 Å². The first kappa shape index (κ1) is 16.2. The molecule has 0 aromatic heterocycles. The predicted molar refractivity (Wildman–Crippen MR) is 73.6 cm³/mol. The van der Waals surface area contributed by atoms with Gasteiger partial charge >= 0.3 is 11.9 Å². The van der Waals surface area contributed by atoms with Crippen molar-refractivity contribution in [1.29, 1.82) is 0 Å². The van der Waals surface area contributed by atoms with Crippen LogP contribution in [0.3, 0.4) is 0 Å². The van der Waals surface area contributed by atoms with Crippen LogP contribution in [-0.2, 0) is 9.47 Å². The zero-order chi connectivity index (χ0) is 14.8. The normalized spacial score (nSPS) is 10.1. The van der Waals surface area contributed by atoms with Crippen molar-refractivity contribution in [2.75, 3.05) is 19.8 Å². The van der Waals surface area contributed by atoms with Gasteiger partial charge in [-0.15, -0.1) is 0 Å². The summed E-state index contributed by atoms with van der Waals surface area (Å²) in [5.74, 6) is -1.07. The van der Waals surface area contributed by atoms with Crippen LogP contribution in [0.1, 0.15) is 46.9 Å². The van der Waals surface area contributed by atoms with Gasteiger partial charge in [-0.1, -0.05) is 19.1 Å². The highest BCUT2D eigenvalue weighted by Crippen LogP contribution is 2.12. The number of carbonyl (C=O) groups is 2. The van der Waals surface area contributed by atoms with Crippen molar-refractivity contribution in [2.24, 2.45) is 0 Å². The van der Waals surface area contributed by atoms with Crippen LogP contribution < -0.4 is 0 Å². The molecule has 0 unspecified atom stereocenters. The van der Waals surface area contributed by atoms with Crippen molar-refractivity contribution in [2.45, 2.75) is 26.2 Å². The van der Waals surface area contributed by atoms with E-state index in [4.69, 9.17) is 14.6 Å². The van der Waals surface area contributed by atoms with E-state index in [0.29, 0.717) is 19.4 Å². The molecule has 0 radical (unpaired) electrons. The molecule has 0 amide bonds. The second-order valence-electron chi connectivity index (χ2n) is 4.25. The number of aliphatic hydroxyl groups is 1. The van der Waals surface area contributed by atoms with Gasteiger partial charge in [0.15, 0.2) is 0 Å². The van der Waals surface area contributed by atoms with Crippen molar-refractivity contribution in [3.8, 4) is 0 Å². The molecule has 0 heterocycles. The number of carbonyl (C=O) groups excluding carboxylic acids is 2. The van der Waals surface area contributed by atoms with Crippen LogP contribution in [0.25, 0.3) is 0 Å². The molecule has 0 saturated carbocycles. The van der Waals surface area contributed by atoms with Gasteiger partial charge < -0.3 is 14.6 Å². The summed E-state index contributed by atoms with van der Waals surface area (Å²) in [6.45, 7) is 2.50. The number of aliphatic hydroxyl groups excluding tert-OH is 1. The maximum atomic E-state index is 11.9. The lowest BCUT2D eigenvalue weighted by molar-refractivity contribution is 0.0451. The highest BCUT2D eigenvalue weighted by Gasteiger charge is 2.18. The van der Waals surface area contributed by atoms with Crippen LogP contribution in [-0.4, -0.2) is 36.9 Å². The first-order chi connectivity index (χ1) is 9.70. The van der Waals surface area contributed by atoms with Gasteiger partial charge in [-0.25, -0.2) is 9.59 Å². The zero-order valence-corrected chi connectivity index (χ0v) is 11.6. The third kappa shape index (κ3) is 5.01. The van der Waals surface area contributed by atoms with E-state index < -0.39 is 11.9 Å². The molecule has 1 aromatic rings. The van der Waals surface area contributed by atoms with Crippen molar-refractivity contribution < 1.29 is 24.2 Å². The SMILES string of the molecule is CCCOC(=O)c1ccccc1C(=O)OCCCCO. The Hall–Kier alpha value is -1.88. The summed E-state index contributed by atoms with van der Waals surface area (Å²) >= 11 is 0. The van der Waals surface area contributed by atoms with E-state index in [-0.39, 0.29) is 24.3 Å². The van der Waals surface area contributed by atoms with Gasteiger partial charge in [0.05, 0.1) is 24.3 Å². The molecule has 1 rings (SSSR count). The molecule has 5 heteroatoms. The molecular weight excluding hydrogens is 260 g/mol. The van der Waals surface area contributed by atoms with Crippen molar-refractivity contribution >= 4 is 11.9 Å². The standard InChI is InChI=1S/C15H20O5/c1-2-10-19-14(17)12-7-3-4-8-13(12)15(18)20-11-6-5-9-16/h3-4,7-8,16H,2,5-6,9-11H2,1H3. The average Bonchev–Trinajstić information content (AvgIpc) is 2.49. The average molecular weight is 280 g/mol. The molecule has 110 valence electrons. The van der Waals surface area contributed by atoms with E-state index in [1.165, 1.54) is 6.07 Å². The summed E-state index contributed by atoms with van der Waals surface area (Å²) in [5.41, 5.74) is 0.422. The van der Waals surface area contributed by atoms with Crippen LogP contribution in [0, 0.1) is 0 Å². The number of rotatable bonds is 8. The van der Waals surface area contributed by atoms with Crippen molar-refractivity contribution in [1.82, 2.24) is 0 Å². The van der Waals surface area contributed by atoms with Gasteiger partial charge in [-0.3, -0.25) is 0 Å². The monoisotopic (exact) mass is 280 g/mol.